The summed E-state index contributed by atoms with van der Waals surface area (Å²) in [4.78, 5) is 25.0. The number of benzene rings is 1. The molecule has 0 radical (unpaired) electrons. The molecule has 1 aromatic heterocycles. The van der Waals surface area contributed by atoms with Crippen LogP contribution in [0.4, 0.5) is 11.6 Å². The number of nitrogens with one attached hydrogen (secondary N) is 1. The zero-order valence-electron chi connectivity index (χ0n) is 13.4. The number of aromatic nitrogens is 2. The molecule has 0 aliphatic carbocycles. The van der Waals surface area contributed by atoms with Crippen molar-refractivity contribution in [2.45, 2.75) is 12.5 Å². The summed E-state index contributed by atoms with van der Waals surface area (Å²) < 4.78 is 0. The summed E-state index contributed by atoms with van der Waals surface area (Å²) in [6.07, 6.45) is 4.17. The number of hydrogen-bond donors (Lipinski definition) is 1. The first kappa shape index (κ1) is 15.4. The van der Waals surface area contributed by atoms with Gasteiger partial charge in [-0.2, -0.15) is 0 Å². The minimum Gasteiger partial charge on any atom is -0.337 e. The average molecular weight is 311 g/mol. The van der Waals surface area contributed by atoms with E-state index in [2.05, 4.69) is 27.2 Å². The number of rotatable bonds is 4. The lowest BCUT2D eigenvalue weighted by atomic mass is 10.2. The highest BCUT2D eigenvalue weighted by Crippen LogP contribution is 2.16. The Balaban J connectivity index is 1.65. The topological polar surface area (TPSA) is 61.4 Å². The molecule has 2 heterocycles. The van der Waals surface area contributed by atoms with Crippen molar-refractivity contribution in [3.63, 3.8) is 0 Å². The number of likely N-dealkylation sites (N-methyl/N-ethyl adjacent to an activating group) is 2. The third-order valence-electron chi connectivity index (χ3n) is 4.16. The van der Waals surface area contributed by atoms with E-state index in [0.717, 1.165) is 25.2 Å². The van der Waals surface area contributed by atoms with Crippen LogP contribution in [0.1, 0.15) is 16.8 Å². The van der Waals surface area contributed by atoms with E-state index in [9.17, 15) is 4.79 Å². The summed E-state index contributed by atoms with van der Waals surface area (Å²) >= 11 is 0. The van der Waals surface area contributed by atoms with Gasteiger partial charge < -0.3 is 15.1 Å². The van der Waals surface area contributed by atoms with Crippen molar-refractivity contribution in [3.05, 3.63) is 48.3 Å². The highest BCUT2D eigenvalue weighted by molar-refractivity contribution is 5.93. The Bertz CT molecular complexity index is 658. The molecule has 0 bridgehead atoms. The molecule has 0 unspecified atom stereocenters. The maximum absolute atomic E-state index is 12.5. The minimum atomic E-state index is -0.0310. The number of likely N-dealkylation sites (tertiary alicyclic amines) is 1. The second kappa shape index (κ2) is 6.75. The van der Waals surface area contributed by atoms with Crippen LogP contribution in [-0.2, 0) is 0 Å². The molecular weight excluding hydrogens is 290 g/mol. The zero-order chi connectivity index (χ0) is 16.2. The Hall–Kier alpha value is -2.47. The first-order valence-electron chi connectivity index (χ1n) is 7.73. The molecule has 1 fully saturated rings. The van der Waals surface area contributed by atoms with Gasteiger partial charge >= 0.3 is 0 Å². The predicted molar refractivity (Wildman–Crippen MR) is 89.8 cm³/mol. The molecule has 23 heavy (non-hydrogen) atoms. The van der Waals surface area contributed by atoms with E-state index in [0.29, 0.717) is 11.5 Å². The molecule has 1 N–H and O–H groups in total. The SMILES string of the molecule is CN1CC[C@@H](N(C)C(=O)c2cnc(Nc3ccccc3)nc2)C1. The van der Waals surface area contributed by atoms with Gasteiger partial charge in [-0.15, -0.1) is 0 Å². The molecular formula is C17H21N5O. The van der Waals surface area contributed by atoms with Crippen LogP contribution in [-0.4, -0.2) is 58.9 Å². The van der Waals surface area contributed by atoms with Gasteiger partial charge in [0.1, 0.15) is 0 Å². The van der Waals surface area contributed by atoms with Crippen molar-refractivity contribution in [3.8, 4) is 0 Å². The monoisotopic (exact) mass is 311 g/mol. The molecule has 1 aliphatic rings. The Morgan fingerprint density at radius 2 is 1.96 bits per heavy atom. The summed E-state index contributed by atoms with van der Waals surface area (Å²) in [5.41, 5.74) is 1.43. The van der Waals surface area contributed by atoms with Crippen LogP contribution in [0, 0.1) is 0 Å². The Kier molecular flexibility index (Phi) is 4.52. The quantitative estimate of drug-likeness (QED) is 0.936. The molecule has 1 aromatic carbocycles. The van der Waals surface area contributed by atoms with Crippen LogP contribution in [0.25, 0.3) is 0 Å². The van der Waals surface area contributed by atoms with Crippen LogP contribution in [0.5, 0.6) is 0 Å². The van der Waals surface area contributed by atoms with Gasteiger partial charge in [0, 0.05) is 37.7 Å². The summed E-state index contributed by atoms with van der Waals surface area (Å²) in [6, 6.07) is 9.96. The first-order valence-corrected chi connectivity index (χ1v) is 7.73. The summed E-state index contributed by atoms with van der Waals surface area (Å²) in [5, 5.41) is 3.11. The van der Waals surface area contributed by atoms with Crippen LogP contribution in [0.3, 0.4) is 0 Å². The summed E-state index contributed by atoms with van der Waals surface area (Å²) in [5.74, 6) is 0.451. The second-order valence-corrected chi connectivity index (χ2v) is 5.91. The Morgan fingerprint density at radius 1 is 1.26 bits per heavy atom. The number of anilines is 2. The lowest BCUT2D eigenvalue weighted by molar-refractivity contribution is 0.0737. The van der Waals surface area contributed by atoms with Gasteiger partial charge in [0.2, 0.25) is 5.95 Å². The molecule has 1 aliphatic heterocycles. The molecule has 120 valence electrons. The van der Waals surface area contributed by atoms with Gasteiger partial charge in [-0.1, -0.05) is 18.2 Å². The van der Waals surface area contributed by atoms with Crippen molar-refractivity contribution < 1.29 is 4.79 Å². The lowest BCUT2D eigenvalue weighted by Crippen LogP contribution is -2.38. The Morgan fingerprint density at radius 3 is 2.57 bits per heavy atom. The van der Waals surface area contributed by atoms with Gasteiger partial charge in [0.05, 0.1) is 5.56 Å². The summed E-state index contributed by atoms with van der Waals surface area (Å²) in [6.45, 7) is 1.94. The zero-order valence-corrected chi connectivity index (χ0v) is 13.4. The van der Waals surface area contributed by atoms with E-state index in [1.165, 1.54) is 0 Å². The molecule has 3 rings (SSSR count). The largest absolute Gasteiger partial charge is 0.337 e. The van der Waals surface area contributed by atoms with Gasteiger partial charge in [-0.25, -0.2) is 9.97 Å². The highest BCUT2D eigenvalue weighted by Gasteiger charge is 2.27. The molecule has 0 spiro atoms. The van der Waals surface area contributed by atoms with Crippen LogP contribution >= 0.6 is 0 Å². The number of para-hydroxylation sites is 1. The molecule has 1 atom stereocenters. The molecule has 2 aromatic rings. The van der Waals surface area contributed by atoms with Gasteiger partial charge in [0.25, 0.3) is 5.91 Å². The molecule has 6 nitrogen and oxygen atoms in total. The third-order valence-corrected chi connectivity index (χ3v) is 4.16. The van der Waals surface area contributed by atoms with Crippen molar-refractivity contribution >= 4 is 17.5 Å². The fraction of sp³-hybridized carbons (Fsp3) is 0.353. The molecule has 6 heteroatoms. The molecule has 1 amide bonds. The number of carbonyl (C=O) groups is 1. The summed E-state index contributed by atoms with van der Waals surface area (Å²) in [7, 11) is 3.92. The number of carbonyl (C=O) groups excluding carboxylic acids is 1. The second-order valence-electron chi connectivity index (χ2n) is 5.91. The predicted octanol–water partition coefficient (Wildman–Crippen LogP) is 2.00. The molecule has 0 saturated carbocycles. The average Bonchev–Trinajstić information content (AvgIpc) is 3.02. The van der Waals surface area contributed by atoms with Crippen LogP contribution in [0.15, 0.2) is 42.7 Å². The Labute approximate surface area is 136 Å². The van der Waals surface area contributed by atoms with E-state index >= 15 is 0 Å². The third kappa shape index (κ3) is 3.65. The fourth-order valence-electron chi connectivity index (χ4n) is 2.75. The van der Waals surface area contributed by atoms with Crippen LogP contribution in [0.2, 0.25) is 0 Å². The van der Waals surface area contributed by atoms with Gasteiger partial charge in [-0.05, 0) is 32.1 Å². The van der Waals surface area contributed by atoms with Gasteiger partial charge in [0.15, 0.2) is 0 Å². The van der Waals surface area contributed by atoms with E-state index in [1.807, 2.05) is 37.4 Å². The van der Waals surface area contributed by atoms with Gasteiger partial charge in [-0.3, -0.25) is 4.79 Å². The highest BCUT2D eigenvalue weighted by atomic mass is 16.2. The number of nitrogens with zero attached hydrogens (tertiary/aromatic N) is 4. The van der Waals surface area contributed by atoms with E-state index in [-0.39, 0.29) is 11.9 Å². The fourth-order valence-corrected chi connectivity index (χ4v) is 2.75. The number of amides is 1. The van der Waals surface area contributed by atoms with Crippen molar-refractivity contribution in [1.82, 2.24) is 19.8 Å². The van der Waals surface area contributed by atoms with E-state index in [1.54, 1.807) is 17.3 Å². The number of hydrogen-bond acceptors (Lipinski definition) is 5. The van der Waals surface area contributed by atoms with Crippen LogP contribution < -0.4 is 5.32 Å². The minimum absolute atomic E-state index is 0.0310. The van der Waals surface area contributed by atoms with Crippen molar-refractivity contribution in [2.24, 2.45) is 0 Å². The van der Waals surface area contributed by atoms with E-state index < -0.39 is 0 Å². The standard InChI is InChI=1S/C17H21N5O/c1-21-9-8-15(12-21)22(2)16(23)13-10-18-17(19-11-13)20-14-6-4-3-5-7-14/h3-7,10-11,15H,8-9,12H2,1-2H3,(H,18,19,20)/t15-/m1/s1. The lowest BCUT2D eigenvalue weighted by Gasteiger charge is -2.24. The maximum Gasteiger partial charge on any atom is 0.257 e. The van der Waals surface area contributed by atoms with Crippen molar-refractivity contribution in [1.29, 1.82) is 0 Å². The molecule has 1 saturated heterocycles. The maximum atomic E-state index is 12.5. The smallest absolute Gasteiger partial charge is 0.257 e. The van der Waals surface area contributed by atoms with Crippen molar-refractivity contribution in [2.75, 3.05) is 32.5 Å². The van der Waals surface area contributed by atoms with E-state index in [4.69, 9.17) is 0 Å². The normalized spacial score (nSPS) is 17.9. The first-order chi connectivity index (χ1) is 11.1.